The molecule has 1 heterocycles. The van der Waals surface area contributed by atoms with E-state index in [4.69, 9.17) is 0 Å². The minimum absolute atomic E-state index is 0.221. The lowest BCUT2D eigenvalue weighted by atomic mass is 10.0. The lowest BCUT2D eigenvalue weighted by Gasteiger charge is -2.14. The molecule has 0 fully saturated rings. The zero-order chi connectivity index (χ0) is 19.9. The van der Waals surface area contributed by atoms with Gasteiger partial charge < -0.3 is 15.4 Å². The van der Waals surface area contributed by atoms with Crippen LogP contribution in [-0.2, 0) is 22.4 Å². The second-order valence-corrected chi connectivity index (χ2v) is 7.77. The van der Waals surface area contributed by atoms with Crippen LogP contribution in [0.1, 0.15) is 30.4 Å². The molecule has 1 aromatic heterocycles. The van der Waals surface area contributed by atoms with Gasteiger partial charge in [-0.25, -0.2) is 4.79 Å². The highest BCUT2D eigenvalue weighted by molar-refractivity contribution is 9.10. The van der Waals surface area contributed by atoms with Crippen molar-refractivity contribution < 1.29 is 14.7 Å². The molecule has 1 amide bonds. The Kier molecular flexibility index (Phi) is 6.87. The van der Waals surface area contributed by atoms with Crippen LogP contribution in [0.15, 0.2) is 59.2 Å². The number of nitrogens with one attached hydrogen (secondary N) is 2. The molecular formula is C22H23BrN2O3. The Balaban J connectivity index is 1.53. The number of carbonyl (C=O) groups is 2. The Bertz CT molecular complexity index is 953. The van der Waals surface area contributed by atoms with E-state index in [0.717, 1.165) is 40.2 Å². The van der Waals surface area contributed by atoms with E-state index in [9.17, 15) is 14.7 Å². The van der Waals surface area contributed by atoms with Gasteiger partial charge >= 0.3 is 5.97 Å². The lowest BCUT2D eigenvalue weighted by molar-refractivity contribution is -0.141. The van der Waals surface area contributed by atoms with Gasteiger partial charge in [-0.15, -0.1) is 0 Å². The van der Waals surface area contributed by atoms with E-state index in [1.807, 2.05) is 36.4 Å². The summed E-state index contributed by atoms with van der Waals surface area (Å²) in [6.07, 6.45) is 4.91. The molecule has 0 aliphatic carbocycles. The first-order valence-corrected chi connectivity index (χ1v) is 10.1. The number of carboxylic acid groups (broad SMARTS) is 1. The lowest BCUT2D eigenvalue weighted by Crippen LogP contribution is -2.42. The van der Waals surface area contributed by atoms with Gasteiger partial charge in [0, 0.05) is 34.4 Å². The summed E-state index contributed by atoms with van der Waals surface area (Å²) in [7, 11) is 0. The predicted molar refractivity (Wildman–Crippen MR) is 113 cm³/mol. The Hall–Kier alpha value is -2.60. The first kappa shape index (κ1) is 20.1. The SMILES string of the molecule is O=C(CCCCc1ccccc1)N[C@@H](Cc1c[nH]c2ccc(Br)cc12)C(=O)O. The molecule has 0 aliphatic rings. The molecule has 6 heteroatoms. The molecule has 0 saturated carbocycles. The third kappa shape index (κ3) is 5.45. The van der Waals surface area contributed by atoms with Gasteiger partial charge in [0.15, 0.2) is 0 Å². The van der Waals surface area contributed by atoms with Gasteiger partial charge in [-0.05, 0) is 48.6 Å². The van der Waals surface area contributed by atoms with Crippen molar-refractivity contribution >= 4 is 38.7 Å². The number of benzene rings is 2. The van der Waals surface area contributed by atoms with Crippen LogP contribution in [0.4, 0.5) is 0 Å². The van der Waals surface area contributed by atoms with Gasteiger partial charge in [-0.3, -0.25) is 4.79 Å². The second-order valence-electron chi connectivity index (χ2n) is 6.86. The number of hydrogen-bond donors (Lipinski definition) is 3. The quantitative estimate of drug-likeness (QED) is 0.428. The van der Waals surface area contributed by atoms with Crippen molar-refractivity contribution in [1.82, 2.24) is 10.3 Å². The monoisotopic (exact) mass is 442 g/mol. The van der Waals surface area contributed by atoms with Crippen LogP contribution in [0.5, 0.6) is 0 Å². The molecule has 0 unspecified atom stereocenters. The first-order chi connectivity index (χ1) is 13.5. The summed E-state index contributed by atoms with van der Waals surface area (Å²) in [5.41, 5.74) is 3.06. The largest absolute Gasteiger partial charge is 0.480 e. The van der Waals surface area contributed by atoms with Crippen LogP contribution in [0.3, 0.4) is 0 Å². The minimum atomic E-state index is -1.03. The summed E-state index contributed by atoms with van der Waals surface area (Å²) in [6.45, 7) is 0. The first-order valence-electron chi connectivity index (χ1n) is 9.34. The maximum Gasteiger partial charge on any atom is 0.326 e. The number of H-pyrrole nitrogens is 1. The van der Waals surface area contributed by atoms with Gasteiger partial charge in [-0.2, -0.15) is 0 Å². The molecular weight excluding hydrogens is 420 g/mol. The number of aryl methyl sites for hydroxylation is 1. The number of unbranched alkanes of at least 4 members (excludes halogenated alkanes) is 1. The van der Waals surface area contributed by atoms with E-state index in [1.54, 1.807) is 6.20 Å². The molecule has 0 saturated heterocycles. The smallest absolute Gasteiger partial charge is 0.326 e. The summed E-state index contributed by atoms with van der Waals surface area (Å²) in [4.78, 5) is 27.0. The average Bonchev–Trinajstić information content (AvgIpc) is 3.07. The predicted octanol–water partition coefficient (Wildman–Crippen LogP) is 4.46. The molecule has 146 valence electrons. The molecule has 1 atom stereocenters. The fourth-order valence-electron chi connectivity index (χ4n) is 3.27. The van der Waals surface area contributed by atoms with Gasteiger partial charge in [0.2, 0.25) is 5.91 Å². The number of aliphatic carboxylic acids is 1. The van der Waals surface area contributed by atoms with Crippen LogP contribution in [0.25, 0.3) is 10.9 Å². The van der Waals surface area contributed by atoms with Crippen molar-refractivity contribution in [3.8, 4) is 0 Å². The van der Waals surface area contributed by atoms with Crippen LogP contribution >= 0.6 is 15.9 Å². The maximum absolute atomic E-state index is 12.2. The molecule has 3 N–H and O–H groups in total. The number of carboxylic acids is 1. The van der Waals surface area contributed by atoms with Crippen molar-refractivity contribution in [3.05, 3.63) is 70.3 Å². The number of fused-ring (bicyclic) bond motifs is 1. The number of aromatic amines is 1. The van der Waals surface area contributed by atoms with Crippen molar-refractivity contribution in [2.45, 2.75) is 38.1 Å². The zero-order valence-electron chi connectivity index (χ0n) is 15.5. The van der Waals surface area contributed by atoms with Crippen molar-refractivity contribution in [2.24, 2.45) is 0 Å². The number of carbonyl (C=O) groups excluding carboxylic acids is 1. The second kappa shape index (κ2) is 9.55. The number of rotatable bonds is 9. The Morgan fingerprint density at radius 2 is 1.89 bits per heavy atom. The molecule has 0 aliphatic heterocycles. The fourth-order valence-corrected chi connectivity index (χ4v) is 3.63. The van der Waals surface area contributed by atoms with Crippen molar-refractivity contribution in [1.29, 1.82) is 0 Å². The van der Waals surface area contributed by atoms with E-state index in [-0.39, 0.29) is 12.3 Å². The molecule has 2 aromatic carbocycles. The van der Waals surface area contributed by atoms with Crippen LogP contribution in [-0.4, -0.2) is 28.0 Å². The molecule has 0 spiro atoms. The molecule has 0 bridgehead atoms. The topological polar surface area (TPSA) is 82.2 Å². The van der Waals surface area contributed by atoms with E-state index >= 15 is 0 Å². The highest BCUT2D eigenvalue weighted by atomic mass is 79.9. The summed E-state index contributed by atoms with van der Waals surface area (Å²) < 4.78 is 0.926. The van der Waals surface area contributed by atoms with E-state index < -0.39 is 12.0 Å². The number of halogens is 1. The van der Waals surface area contributed by atoms with Crippen molar-refractivity contribution in [2.75, 3.05) is 0 Å². The summed E-state index contributed by atoms with van der Waals surface area (Å²) in [5, 5.41) is 13.2. The minimum Gasteiger partial charge on any atom is -0.480 e. The summed E-state index contributed by atoms with van der Waals surface area (Å²) in [5.74, 6) is -1.25. The standard InChI is InChI=1S/C22H23BrN2O3/c23-17-10-11-19-18(13-17)16(14-24-19)12-20(22(27)28)25-21(26)9-5-4-8-15-6-2-1-3-7-15/h1-3,6-7,10-11,13-14,20,24H,4-5,8-9,12H2,(H,25,26)(H,27,28)/t20-/m0/s1. The Labute approximate surface area is 172 Å². The van der Waals surface area contributed by atoms with Crippen LogP contribution in [0.2, 0.25) is 0 Å². The third-order valence-electron chi connectivity index (χ3n) is 4.75. The summed E-state index contributed by atoms with van der Waals surface area (Å²) >= 11 is 3.44. The Morgan fingerprint density at radius 1 is 1.11 bits per heavy atom. The van der Waals surface area contributed by atoms with E-state index in [1.165, 1.54) is 5.56 Å². The van der Waals surface area contributed by atoms with Crippen LogP contribution in [0, 0.1) is 0 Å². The zero-order valence-corrected chi connectivity index (χ0v) is 17.0. The van der Waals surface area contributed by atoms with E-state index in [2.05, 4.69) is 38.4 Å². The molecule has 5 nitrogen and oxygen atoms in total. The molecule has 3 aromatic rings. The molecule has 28 heavy (non-hydrogen) atoms. The average molecular weight is 443 g/mol. The number of aromatic nitrogens is 1. The van der Waals surface area contributed by atoms with Gasteiger partial charge in [0.25, 0.3) is 0 Å². The van der Waals surface area contributed by atoms with Crippen LogP contribution < -0.4 is 5.32 Å². The highest BCUT2D eigenvalue weighted by Crippen LogP contribution is 2.23. The van der Waals surface area contributed by atoms with E-state index in [0.29, 0.717) is 6.42 Å². The number of amides is 1. The highest BCUT2D eigenvalue weighted by Gasteiger charge is 2.21. The third-order valence-corrected chi connectivity index (χ3v) is 5.24. The molecule has 0 radical (unpaired) electrons. The number of hydrogen-bond acceptors (Lipinski definition) is 2. The van der Waals surface area contributed by atoms with Gasteiger partial charge in [0.1, 0.15) is 6.04 Å². The normalized spacial score (nSPS) is 12.0. The fraction of sp³-hybridized carbons (Fsp3) is 0.273. The van der Waals surface area contributed by atoms with Crippen molar-refractivity contribution in [3.63, 3.8) is 0 Å². The molecule has 3 rings (SSSR count). The van der Waals surface area contributed by atoms with Gasteiger partial charge in [-0.1, -0.05) is 46.3 Å². The Morgan fingerprint density at radius 3 is 2.64 bits per heavy atom. The van der Waals surface area contributed by atoms with Gasteiger partial charge in [0.05, 0.1) is 0 Å². The maximum atomic E-state index is 12.2. The summed E-state index contributed by atoms with van der Waals surface area (Å²) in [6, 6.07) is 15.0.